The highest BCUT2D eigenvalue weighted by atomic mass is 16.6. The Labute approximate surface area is 119 Å². The number of nitrogens with zero attached hydrogens (tertiary/aromatic N) is 3. The number of nitrogens with two attached hydrogens (primary N) is 1. The number of aryl methyl sites for hydroxylation is 1. The van der Waals surface area contributed by atoms with E-state index in [2.05, 4.69) is 5.10 Å². The fraction of sp³-hybridized carbons (Fsp3) is 0.167. The topological polar surface area (TPSA) is 123 Å². The van der Waals surface area contributed by atoms with Crippen LogP contribution in [0.2, 0.25) is 0 Å². The van der Waals surface area contributed by atoms with Gasteiger partial charge in [-0.2, -0.15) is 5.10 Å². The maximum atomic E-state index is 11.1. The molecule has 0 atom stereocenters. The second-order valence-corrected chi connectivity index (χ2v) is 4.08. The second-order valence-electron chi connectivity index (χ2n) is 4.08. The zero-order valence-electron chi connectivity index (χ0n) is 11.3. The first-order valence-electron chi connectivity index (χ1n) is 5.76. The SMILES string of the molecule is COc1c(-c2ccn(C)n2)cc(OC(N)=O)cc1[N+](=O)[O-]. The fourth-order valence-electron chi connectivity index (χ4n) is 1.86. The Kier molecular flexibility index (Phi) is 3.74. The summed E-state index contributed by atoms with van der Waals surface area (Å²) in [6.45, 7) is 0. The van der Waals surface area contributed by atoms with E-state index < -0.39 is 11.0 Å². The van der Waals surface area contributed by atoms with Crippen molar-refractivity contribution in [3.05, 3.63) is 34.5 Å². The Morgan fingerprint density at radius 3 is 2.67 bits per heavy atom. The van der Waals surface area contributed by atoms with Gasteiger partial charge in [0.05, 0.1) is 29.4 Å². The molecule has 2 aromatic rings. The normalized spacial score (nSPS) is 10.2. The summed E-state index contributed by atoms with van der Waals surface area (Å²) in [5, 5.41) is 15.3. The van der Waals surface area contributed by atoms with Gasteiger partial charge in [0.2, 0.25) is 5.75 Å². The van der Waals surface area contributed by atoms with E-state index in [0.29, 0.717) is 11.3 Å². The van der Waals surface area contributed by atoms with Crippen molar-refractivity contribution in [2.24, 2.45) is 12.8 Å². The fourth-order valence-corrected chi connectivity index (χ4v) is 1.86. The van der Waals surface area contributed by atoms with Crippen LogP contribution >= 0.6 is 0 Å². The molecule has 110 valence electrons. The van der Waals surface area contributed by atoms with Crippen molar-refractivity contribution < 1.29 is 19.2 Å². The minimum Gasteiger partial charge on any atom is -0.490 e. The summed E-state index contributed by atoms with van der Waals surface area (Å²) in [5.41, 5.74) is 5.34. The molecule has 9 heteroatoms. The Hall–Kier alpha value is -3.10. The van der Waals surface area contributed by atoms with Crippen molar-refractivity contribution in [2.75, 3.05) is 7.11 Å². The van der Waals surface area contributed by atoms with Crippen LogP contribution in [0.3, 0.4) is 0 Å². The summed E-state index contributed by atoms with van der Waals surface area (Å²) in [6.07, 6.45) is 0.601. The molecule has 21 heavy (non-hydrogen) atoms. The van der Waals surface area contributed by atoms with E-state index in [0.717, 1.165) is 6.07 Å². The molecule has 0 saturated carbocycles. The summed E-state index contributed by atoms with van der Waals surface area (Å²) in [7, 11) is 3.01. The Balaban J connectivity index is 2.67. The number of nitro benzene ring substituents is 1. The first kappa shape index (κ1) is 14.3. The van der Waals surface area contributed by atoms with Gasteiger partial charge in [0.25, 0.3) is 0 Å². The smallest absolute Gasteiger partial charge is 0.409 e. The number of hydrogen-bond acceptors (Lipinski definition) is 6. The molecule has 9 nitrogen and oxygen atoms in total. The van der Waals surface area contributed by atoms with E-state index in [1.165, 1.54) is 17.9 Å². The molecule has 2 rings (SSSR count). The van der Waals surface area contributed by atoms with Gasteiger partial charge in [-0.25, -0.2) is 4.79 Å². The van der Waals surface area contributed by atoms with Crippen molar-refractivity contribution in [3.8, 4) is 22.8 Å². The van der Waals surface area contributed by atoms with Crippen molar-refractivity contribution in [1.29, 1.82) is 0 Å². The Morgan fingerprint density at radius 1 is 1.48 bits per heavy atom. The van der Waals surface area contributed by atoms with Gasteiger partial charge in [-0.05, 0) is 12.1 Å². The quantitative estimate of drug-likeness (QED) is 0.672. The number of hydrogen-bond donors (Lipinski definition) is 1. The standard InChI is InChI=1S/C12H12N4O5/c1-15-4-3-9(14-15)8-5-7(21-12(13)17)6-10(16(18)19)11(8)20-2/h3-6H,1-2H3,(H2,13,17). The number of carbonyl (C=O) groups excluding carboxylic acids is 1. The third-order valence-corrected chi connectivity index (χ3v) is 2.65. The molecule has 0 aliphatic rings. The monoisotopic (exact) mass is 292 g/mol. The van der Waals surface area contributed by atoms with E-state index in [9.17, 15) is 14.9 Å². The lowest BCUT2D eigenvalue weighted by Gasteiger charge is -2.09. The van der Waals surface area contributed by atoms with Crippen LogP contribution in [0, 0.1) is 10.1 Å². The van der Waals surface area contributed by atoms with E-state index >= 15 is 0 Å². The Bertz CT molecular complexity index is 710. The zero-order chi connectivity index (χ0) is 15.6. The minimum atomic E-state index is -1.07. The highest BCUT2D eigenvalue weighted by Crippen LogP contribution is 2.40. The van der Waals surface area contributed by atoms with Crippen molar-refractivity contribution in [3.63, 3.8) is 0 Å². The van der Waals surface area contributed by atoms with Gasteiger partial charge in [0, 0.05) is 13.2 Å². The lowest BCUT2D eigenvalue weighted by molar-refractivity contribution is -0.385. The third kappa shape index (κ3) is 2.91. The summed E-state index contributed by atoms with van der Waals surface area (Å²) < 4.78 is 11.3. The van der Waals surface area contributed by atoms with E-state index in [4.69, 9.17) is 15.2 Å². The molecule has 1 aromatic carbocycles. The predicted molar refractivity (Wildman–Crippen MR) is 72.1 cm³/mol. The first-order valence-corrected chi connectivity index (χ1v) is 5.76. The highest BCUT2D eigenvalue weighted by molar-refractivity contribution is 5.77. The number of rotatable bonds is 4. The predicted octanol–water partition coefficient (Wildman–Crippen LogP) is 1.46. The number of aromatic nitrogens is 2. The van der Waals surface area contributed by atoms with Crippen molar-refractivity contribution in [1.82, 2.24) is 9.78 Å². The van der Waals surface area contributed by atoms with Crippen LogP contribution < -0.4 is 15.2 Å². The van der Waals surface area contributed by atoms with Crippen LogP contribution in [0.5, 0.6) is 11.5 Å². The van der Waals surface area contributed by atoms with Crippen molar-refractivity contribution in [2.45, 2.75) is 0 Å². The maximum absolute atomic E-state index is 11.1. The van der Waals surface area contributed by atoms with Gasteiger partial charge in [0.1, 0.15) is 5.75 Å². The van der Waals surface area contributed by atoms with Crippen LogP contribution in [0.1, 0.15) is 0 Å². The number of nitro groups is 1. The van der Waals surface area contributed by atoms with Crippen LogP contribution in [0.25, 0.3) is 11.3 Å². The van der Waals surface area contributed by atoms with Crippen molar-refractivity contribution >= 4 is 11.8 Å². The molecule has 2 N–H and O–H groups in total. The van der Waals surface area contributed by atoms with E-state index in [1.807, 2.05) is 0 Å². The van der Waals surface area contributed by atoms with Crippen LogP contribution in [-0.4, -0.2) is 27.9 Å². The van der Waals surface area contributed by atoms with Gasteiger partial charge in [0.15, 0.2) is 0 Å². The zero-order valence-corrected chi connectivity index (χ0v) is 11.3. The highest BCUT2D eigenvalue weighted by Gasteiger charge is 2.24. The van der Waals surface area contributed by atoms with Gasteiger partial charge >= 0.3 is 11.8 Å². The minimum absolute atomic E-state index is 0.0236. The summed E-state index contributed by atoms with van der Waals surface area (Å²) >= 11 is 0. The lowest BCUT2D eigenvalue weighted by atomic mass is 10.1. The molecule has 0 fully saturated rings. The molecule has 0 bridgehead atoms. The van der Waals surface area contributed by atoms with Gasteiger partial charge < -0.3 is 15.2 Å². The molecule has 1 heterocycles. The van der Waals surface area contributed by atoms with E-state index in [1.54, 1.807) is 19.3 Å². The first-order chi connectivity index (χ1) is 9.92. The van der Waals surface area contributed by atoms with Crippen LogP contribution in [-0.2, 0) is 7.05 Å². The Morgan fingerprint density at radius 2 is 2.19 bits per heavy atom. The largest absolute Gasteiger partial charge is 0.490 e. The molecule has 0 saturated heterocycles. The second kappa shape index (κ2) is 5.49. The molecular weight excluding hydrogens is 280 g/mol. The maximum Gasteiger partial charge on any atom is 0.409 e. The number of primary amides is 1. The summed E-state index contributed by atoms with van der Waals surface area (Å²) in [4.78, 5) is 21.3. The molecule has 0 unspecified atom stereocenters. The number of carbonyl (C=O) groups is 1. The summed E-state index contributed by atoms with van der Waals surface area (Å²) in [5.74, 6) is -0.0360. The molecular formula is C12H12N4O5. The third-order valence-electron chi connectivity index (χ3n) is 2.65. The number of ether oxygens (including phenoxy) is 2. The van der Waals surface area contributed by atoms with Crippen LogP contribution in [0.15, 0.2) is 24.4 Å². The average molecular weight is 292 g/mol. The molecule has 0 radical (unpaired) electrons. The van der Waals surface area contributed by atoms with Gasteiger partial charge in [-0.15, -0.1) is 0 Å². The number of amides is 1. The molecule has 1 amide bonds. The van der Waals surface area contributed by atoms with Crippen LogP contribution in [0.4, 0.5) is 10.5 Å². The molecule has 0 aliphatic carbocycles. The van der Waals surface area contributed by atoms with Gasteiger partial charge in [-0.1, -0.05) is 0 Å². The summed E-state index contributed by atoms with van der Waals surface area (Å²) in [6, 6.07) is 4.12. The molecule has 0 spiro atoms. The number of benzene rings is 1. The average Bonchev–Trinajstić information content (AvgIpc) is 2.83. The molecule has 1 aromatic heterocycles. The molecule has 0 aliphatic heterocycles. The van der Waals surface area contributed by atoms with Gasteiger partial charge in [-0.3, -0.25) is 14.8 Å². The lowest BCUT2D eigenvalue weighted by Crippen LogP contribution is -2.16. The number of methoxy groups -OCH3 is 1. The van der Waals surface area contributed by atoms with E-state index in [-0.39, 0.29) is 17.2 Å².